The van der Waals surface area contributed by atoms with Crippen LogP contribution in [-0.2, 0) is 42.3 Å². The summed E-state index contributed by atoms with van der Waals surface area (Å²) >= 11 is 12.2. The van der Waals surface area contributed by atoms with E-state index in [0.29, 0.717) is 23.4 Å². The zero-order chi connectivity index (χ0) is 23.6. The Labute approximate surface area is 225 Å². The van der Waals surface area contributed by atoms with Gasteiger partial charge in [-0.1, -0.05) is 42.5 Å². The number of rotatable bonds is 7. The smallest absolute Gasteiger partial charge is 0.741 e. The maximum atomic E-state index is 12.5. The molecule has 0 aromatic heterocycles. The van der Waals surface area contributed by atoms with E-state index in [-0.39, 0.29) is 27.9 Å². The molecule has 0 bridgehead atoms. The van der Waals surface area contributed by atoms with Crippen LogP contribution in [0.2, 0.25) is 0 Å². The molecule has 0 fully saturated rings. The molecule has 2 aromatic rings. The predicted octanol–water partition coefficient (Wildman–Crippen LogP) is 3.96. The molecule has 0 aliphatic carbocycles. The van der Waals surface area contributed by atoms with Crippen molar-refractivity contribution in [1.82, 2.24) is 10.6 Å². The molecule has 0 amide bonds. The van der Waals surface area contributed by atoms with Crippen molar-refractivity contribution in [3.8, 4) is 0 Å². The minimum atomic E-state index is -4.43. The van der Waals surface area contributed by atoms with Gasteiger partial charge in [-0.3, -0.25) is 0 Å². The fourth-order valence-electron chi connectivity index (χ4n) is 2.28. The predicted molar refractivity (Wildman–Crippen MR) is 136 cm³/mol. The number of benzene rings is 2. The number of halogens is 4. The number of hydrogen-bond acceptors (Lipinski definition) is 6. The molecule has 1 radical (unpaired) electrons. The number of nitrogens with one attached hydrogen (secondary N) is 2. The van der Waals surface area contributed by atoms with E-state index in [1.54, 1.807) is 24.3 Å². The van der Waals surface area contributed by atoms with E-state index in [0.717, 1.165) is 3.57 Å². The Hall–Kier alpha value is -1.80. The van der Waals surface area contributed by atoms with Crippen molar-refractivity contribution in [2.45, 2.75) is 13.1 Å². The Bertz CT molecular complexity index is 1010. The second-order valence-electron chi connectivity index (χ2n) is 6.08. The first-order chi connectivity index (χ1) is 15.2. The fourth-order valence-corrected chi connectivity index (χ4v) is 2.93. The van der Waals surface area contributed by atoms with Crippen LogP contribution in [0.15, 0.2) is 75.0 Å². The first-order valence-corrected chi connectivity index (χ1v) is 11.1. The Morgan fingerprint density at radius 3 is 1.79 bits per heavy atom. The number of amidine groups is 2. The van der Waals surface area contributed by atoms with Crippen LogP contribution in [0.5, 0.6) is 0 Å². The molecule has 6 nitrogen and oxygen atoms in total. The minimum absolute atomic E-state index is 0. The molecule has 13 heteroatoms. The van der Waals surface area contributed by atoms with E-state index in [2.05, 4.69) is 48.3 Å². The summed E-state index contributed by atoms with van der Waals surface area (Å²) in [6.45, 7) is 1.14. The Morgan fingerprint density at radius 2 is 1.30 bits per heavy atom. The number of alkyl halides is 3. The third-order valence-corrected chi connectivity index (χ3v) is 4.81. The molecular weight excluding hydrogens is 636 g/mol. The average Bonchev–Trinajstić information content (AvgIpc) is 2.75. The van der Waals surface area contributed by atoms with Gasteiger partial charge < -0.3 is 35.9 Å². The molecule has 2 N–H and O–H groups in total. The Kier molecular flexibility index (Phi) is 12.8. The van der Waals surface area contributed by atoms with Crippen molar-refractivity contribution in [3.63, 3.8) is 0 Å². The van der Waals surface area contributed by atoms with Gasteiger partial charge in [0.2, 0.25) is 0 Å². The van der Waals surface area contributed by atoms with Gasteiger partial charge in [0, 0.05) is 21.2 Å². The normalized spacial score (nSPS) is 13.4. The Morgan fingerprint density at radius 1 is 0.818 bits per heavy atom. The van der Waals surface area contributed by atoms with Crippen molar-refractivity contribution < 1.29 is 30.2 Å². The topological polar surface area (TPSA) is 73.5 Å². The van der Waals surface area contributed by atoms with Gasteiger partial charge in [0.25, 0.3) is 0 Å². The van der Waals surface area contributed by atoms with Crippen LogP contribution in [0, 0.1) is 3.57 Å². The summed E-state index contributed by atoms with van der Waals surface area (Å²) in [5.41, 5.74) is 1.89. The Balaban J connectivity index is 0.00000544. The van der Waals surface area contributed by atoms with Crippen LogP contribution >= 0.6 is 22.6 Å². The second-order valence-corrected chi connectivity index (χ2v) is 8.10. The molecule has 0 spiro atoms. The SMILES string of the molecule is CCNC([S-])=NN=C(C(=NN=C([S-])NCC(F)(F)F)c1ccccc1)c1ccc(I)cc1.[Cu+2]. The van der Waals surface area contributed by atoms with Crippen LogP contribution < -0.4 is 10.6 Å². The third-order valence-electron chi connectivity index (χ3n) is 3.64. The third kappa shape index (κ3) is 10.8. The standard InChI is InChI=1S/C20H20F3IN6S2.Cu/c1-2-25-18(31)29-28-17(14-8-10-15(24)11-9-14)16(13-6-4-3-5-7-13)27-30-19(32)26-12-20(21,22)23;/h3-11H,2,12H2,1H3,(H2,25,29,31)(H2,26,30,32);/q;+2/p-2. The van der Waals surface area contributed by atoms with Crippen LogP contribution in [0.3, 0.4) is 0 Å². The quantitative estimate of drug-likeness (QED) is 0.119. The largest absolute Gasteiger partial charge is 2.00 e. The van der Waals surface area contributed by atoms with E-state index >= 15 is 0 Å². The zero-order valence-corrected chi connectivity index (χ0v) is 21.8. The van der Waals surface area contributed by atoms with Gasteiger partial charge in [-0.25, -0.2) is 0 Å². The number of nitrogens with zero attached hydrogens (tertiary/aromatic N) is 4. The summed E-state index contributed by atoms with van der Waals surface area (Å²) in [6.07, 6.45) is -4.43. The average molecular weight is 654 g/mol. The van der Waals surface area contributed by atoms with E-state index in [1.807, 2.05) is 42.6 Å². The number of hydrogen-bond donors (Lipinski definition) is 2. The molecular formula is C20H18CuF3IN6S2. The van der Waals surface area contributed by atoms with Crippen molar-refractivity contribution in [1.29, 1.82) is 0 Å². The van der Waals surface area contributed by atoms with E-state index in [4.69, 9.17) is 25.3 Å². The molecule has 0 atom stereocenters. The summed E-state index contributed by atoms with van der Waals surface area (Å²) < 4.78 is 38.4. The van der Waals surface area contributed by atoms with Crippen molar-refractivity contribution in [2.24, 2.45) is 20.4 Å². The van der Waals surface area contributed by atoms with Gasteiger partial charge in [-0.2, -0.15) is 23.4 Å². The fraction of sp³-hybridized carbons (Fsp3) is 0.200. The molecule has 0 saturated carbocycles. The van der Waals surface area contributed by atoms with E-state index in [1.165, 1.54) is 0 Å². The van der Waals surface area contributed by atoms with Crippen LogP contribution in [0.25, 0.3) is 0 Å². The summed E-state index contributed by atoms with van der Waals surface area (Å²) in [7, 11) is 0. The van der Waals surface area contributed by atoms with E-state index < -0.39 is 17.9 Å². The van der Waals surface area contributed by atoms with Gasteiger partial charge in [-0.05, 0) is 52.0 Å². The molecule has 2 rings (SSSR count). The van der Waals surface area contributed by atoms with Crippen molar-refractivity contribution in [2.75, 3.05) is 13.1 Å². The van der Waals surface area contributed by atoms with Gasteiger partial charge in [0.05, 0.1) is 0 Å². The minimum Gasteiger partial charge on any atom is -0.741 e. The molecule has 2 aromatic carbocycles. The first-order valence-electron chi connectivity index (χ1n) is 9.21. The van der Waals surface area contributed by atoms with E-state index in [9.17, 15) is 13.2 Å². The summed E-state index contributed by atoms with van der Waals surface area (Å²) in [5, 5.41) is 20.9. The maximum absolute atomic E-state index is 12.5. The van der Waals surface area contributed by atoms with Crippen LogP contribution in [0.4, 0.5) is 13.2 Å². The molecule has 33 heavy (non-hydrogen) atoms. The molecule has 0 unspecified atom stereocenters. The second kappa shape index (κ2) is 14.5. The molecule has 179 valence electrons. The summed E-state index contributed by atoms with van der Waals surface area (Å²) in [4.78, 5) is 0. The monoisotopic (exact) mass is 653 g/mol. The van der Waals surface area contributed by atoms with Gasteiger partial charge >= 0.3 is 23.2 Å². The summed E-state index contributed by atoms with van der Waals surface area (Å²) in [5.74, 6) is 0. The van der Waals surface area contributed by atoms with Crippen LogP contribution in [0.1, 0.15) is 18.1 Å². The summed E-state index contributed by atoms with van der Waals surface area (Å²) in [6, 6.07) is 16.3. The molecule has 0 aliphatic rings. The maximum Gasteiger partial charge on any atom is 2.00 e. The zero-order valence-electron chi connectivity index (χ0n) is 17.0. The van der Waals surface area contributed by atoms with Gasteiger partial charge in [-0.15, -0.1) is 10.2 Å². The van der Waals surface area contributed by atoms with Crippen molar-refractivity contribution in [3.05, 3.63) is 69.3 Å². The molecule has 0 aliphatic heterocycles. The molecule has 0 heterocycles. The van der Waals surface area contributed by atoms with Gasteiger partial charge in [0.15, 0.2) is 0 Å². The molecule has 0 saturated heterocycles. The van der Waals surface area contributed by atoms with Crippen molar-refractivity contribution >= 4 is 69.6 Å². The van der Waals surface area contributed by atoms with Crippen LogP contribution in [-0.4, -0.2) is 41.0 Å². The first kappa shape index (κ1) is 29.2. The van der Waals surface area contributed by atoms with Gasteiger partial charge in [0.1, 0.15) is 18.0 Å².